The van der Waals surface area contributed by atoms with Crippen molar-refractivity contribution in [2.75, 3.05) is 0 Å². The first-order chi connectivity index (χ1) is 38.2. The molecule has 9 aromatic carbocycles. The summed E-state index contributed by atoms with van der Waals surface area (Å²) in [5.74, 6) is 1.71. The Hall–Kier alpha value is -8.26. The monoisotopic (exact) mass is 1060 g/mol. The fraction of sp³-hybridized carbons (Fsp3) is 0.219. The maximum absolute atomic E-state index is 6.48. The number of hydrogen-bond donors (Lipinski definition) is 0. The van der Waals surface area contributed by atoms with Crippen LogP contribution in [0.25, 0.3) is 88.8 Å². The van der Waals surface area contributed by atoms with Crippen molar-refractivity contribution >= 4 is 75.6 Å². The molecule has 0 aliphatic rings. The van der Waals surface area contributed by atoms with Crippen LogP contribution in [0.2, 0.25) is 0 Å². The van der Waals surface area contributed by atoms with Crippen LogP contribution in [0, 0.1) is 0 Å². The van der Waals surface area contributed by atoms with Crippen molar-refractivity contribution in [3.8, 4) is 23.3 Å². The summed E-state index contributed by atoms with van der Waals surface area (Å²) in [6.45, 7) is 27.8. The van der Waals surface area contributed by atoms with Crippen molar-refractivity contribution < 1.29 is 4.42 Å². The van der Waals surface area contributed by atoms with Gasteiger partial charge in [0, 0.05) is 57.5 Å². The first-order valence-electron chi connectivity index (χ1n) is 28.1. The van der Waals surface area contributed by atoms with Crippen LogP contribution in [-0.2, 0) is 21.7 Å². The maximum Gasteiger partial charge on any atom is 0.240 e. The molecule has 13 rings (SSSR count). The van der Waals surface area contributed by atoms with Crippen molar-refractivity contribution in [1.82, 2.24) is 24.1 Å². The molecular formula is C73H69N5OS. The van der Waals surface area contributed by atoms with E-state index >= 15 is 0 Å². The van der Waals surface area contributed by atoms with Crippen molar-refractivity contribution in [2.45, 2.75) is 124 Å². The molecule has 0 saturated carbocycles. The molecule has 0 bridgehead atoms. The third-order valence-electron chi connectivity index (χ3n) is 16.2. The summed E-state index contributed by atoms with van der Waals surface area (Å²) in [5, 5.41) is 6.88. The van der Waals surface area contributed by atoms with Crippen molar-refractivity contribution in [3.05, 3.63) is 222 Å². The summed E-state index contributed by atoms with van der Waals surface area (Å²) in [7, 11) is -2.20. The van der Waals surface area contributed by atoms with E-state index in [1.165, 1.54) is 47.7 Å². The molecule has 0 radical (unpaired) electrons. The van der Waals surface area contributed by atoms with E-state index in [4.69, 9.17) is 19.4 Å². The van der Waals surface area contributed by atoms with Crippen LogP contribution in [0.4, 0.5) is 0 Å². The Labute approximate surface area is 471 Å². The molecule has 0 N–H and O–H groups in total. The minimum atomic E-state index is -2.20. The molecule has 0 aliphatic heterocycles. The van der Waals surface area contributed by atoms with E-state index in [0.29, 0.717) is 17.7 Å². The highest BCUT2D eigenvalue weighted by molar-refractivity contribution is 8.34. The average Bonchev–Trinajstić information content (AvgIpc) is 4.12. The topological polar surface area (TPSA) is 61.7 Å². The highest BCUT2D eigenvalue weighted by atomic mass is 32.3. The van der Waals surface area contributed by atoms with Gasteiger partial charge in [-0.05, 0) is 129 Å². The Morgan fingerprint density at radius 1 is 0.338 bits per heavy atom. The summed E-state index contributed by atoms with van der Waals surface area (Å²) in [5.41, 5.74) is 11.4. The summed E-state index contributed by atoms with van der Waals surface area (Å²) >= 11 is 0. The second kappa shape index (κ2) is 18.4. The highest BCUT2D eigenvalue weighted by Gasteiger charge is 2.36. The molecule has 0 aliphatic carbocycles. The lowest BCUT2D eigenvalue weighted by Crippen LogP contribution is -2.19. The van der Waals surface area contributed by atoms with Gasteiger partial charge < -0.3 is 4.42 Å². The van der Waals surface area contributed by atoms with Crippen LogP contribution >= 0.6 is 10.0 Å². The molecule has 80 heavy (non-hydrogen) atoms. The van der Waals surface area contributed by atoms with Crippen LogP contribution in [0.3, 0.4) is 0 Å². The van der Waals surface area contributed by atoms with E-state index in [2.05, 4.69) is 286 Å². The van der Waals surface area contributed by atoms with Crippen LogP contribution in [0.15, 0.2) is 224 Å². The lowest BCUT2D eigenvalue weighted by molar-refractivity contribution is 0.571. The van der Waals surface area contributed by atoms with Gasteiger partial charge in [-0.25, -0.2) is 0 Å². The van der Waals surface area contributed by atoms with Crippen LogP contribution in [0.5, 0.6) is 0 Å². The Kier molecular flexibility index (Phi) is 11.8. The van der Waals surface area contributed by atoms with Gasteiger partial charge in [0.2, 0.25) is 11.9 Å². The Balaban J connectivity index is 1.16. The van der Waals surface area contributed by atoms with Gasteiger partial charge in [-0.2, -0.15) is 15.0 Å². The summed E-state index contributed by atoms with van der Waals surface area (Å²) < 4.78 is 11.1. The third-order valence-corrected chi connectivity index (χ3v) is 20.1. The largest absolute Gasteiger partial charge is 0.456 e. The van der Waals surface area contributed by atoms with E-state index in [9.17, 15) is 0 Å². The number of benzene rings is 9. The van der Waals surface area contributed by atoms with Crippen molar-refractivity contribution in [1.29, 1.82) is 0 Å². The summed E-state index contributed by atoms with van der Waals surface area (Å²) in [4.78, 5) is 22.1. The first kappa shape index (κ1) is 51.2. The number of nitrogens with zero attached hydrogens (tertiary/aromatic N) is 5. The van der Waals surface area contributed by atoms with E-state index in [1.54, 1.807) is 0 Å². The quantitative estimate of drug-likeness (QED) is 0.160. The maximum atomic E-state index is 6.48. The van der Waals surface area contributed by atoms with Gasteiger partial charge in [-0.3, -0.25) is 9.13 Å². The number of hydrogen-bond acceptors (Lipinski definition) is 4. The second-order valence-electron chi connectivity index (χ2n) is 25.8. The normalized spacial score (nSPS) is 13.2. The molecule has 0 saturated heterocycles. The predicted molar refractivity (Wildman–Crippen MR) is 336 cm³/mol. The molecule has 0 fully saturated rings. The zero-order valence-corrected chi connectivity index (χ0v) is 48.9. The lowest BCUT2D eigenvalue weighted by Gasteiger charge is -2.42. The van der Waals surface area contributed by atoms with Crippen LogP contribution in [-0.4, -0.2) is 24.1 Å². The fourth-order valence-corrected chi connectivity index (χ4v) is 16.0. The first-order valence-corrected chi connectivity index (χ1v) is 29.7. The van der Waals surface area contributed by atoms with Crippen LogP contribution < -0.4 is 0 Å². The smallest absolute Gasteiger partial charge is 0.240 e. The zero-order chi connectivity index (χ0) is 55.7. The second-order valence-corrected chi connectivity index (χ2v) is 28.9. The SMILES string of the molecule is CC(C)(C)c1cc(C(C)(C)C)c2c(c1)c1ccccc1n2-c1nc(-c2cccc(S(c3ccccc3)(c3ccccc3)c3ccc4oc5ccccc5c4c3)c2)nc(-n2c3ccccc3c3cc(C(C)(C)C)cc(C(C)(C)C)c32)n1. The molecule has 398 valence electrons. The van der Waals surface area contributed by atoms with Crippen molar-refractivity contribution in [3.63, 3.8) is 0 Å². The fourth-order valence-electron chi connectivity index (χ4n) is 12.1. The standard InChI is InChI=1S/C73H69N5OS/c1-70(2,3)47-41-57-53-32-19-22-35-61(53)77(65(57)59(43-47)72(7,8)9)68-74-67(75-69(76-68)78-62-36-23-20-33-54(62)58-42-48(71(4,5)6)44-60(66(58)78)73(10,11)12)46-26-25-31-51(40-46)80(49-27-15-13-16-28-49,50-29-17-14-18-30-50)52-38-39-64-56(45-52)55-34-21-24-37-63(55)79-64/h13-45H,1-12H3. The van der Waals surface area contributed by atoms with E-state index in [1.807, 2.05) is 6.07 Å². The summed E-state index contributed by atoms with van der Waals surface area (Å²) in [6.07, 6.45) is 0. The molecule has 0 amide bonds. The molecular weight excluding hydrogens is 995 g/mol. The van der Waals surface area contributed by atoms with Gasteiger partial charge >= 0.3 is 0 Å². The van der Waals surface area contributed by atoms with Gasteiger partial charge in [0.1, 0.15) is 11.2 Å². The van der Waals surface area contributed by atoms with E-state index in [-0.39, 0.29) is 21.7 Å². The van der Waals surface area contributed by atoms with Gasteiger partial charge in [-0.1, -0.05) is 198 Å². The zero-order valence-electron chi connectivity index (χ0n) is 48.1. The lowest BCUT2D eigenvalue weighted by atomic mass is 9.79. The Morgan fingerprint density at radius 2 is 0.775 bits per heavy atom. The number of aromatic nitrogens is 5. The average molecular weight is 1060 g/mol. The molecule has 0 spiro atoms. The minimum Gasteiger partial charge on any atom is -0.456 e. The molecule has 4 aromatic heterocycles. The Bertz CT molecular complexity index is 4360. The third kappa shape index (κ3) is 8.26. The molecule has 0 unspecified atom stereocenters. The number of furan rings is 1. The molecule has 6 nitrogen and oxygen atoms in total. The summed E-state index contributed by atoms with van der Waals surface area (Å²) in [6, 6.07) is 73.6. The molecule has 0 atom stereocenters. The molecule has 7 heteroatoms. The van der Waals surface area contributed by atoms with Gasteiger partial charge in [-0.15, -0.1) is 10.0 Å². The van der Waals surface area contributed by atoms with Crippen molar-refractivity contribution in [2.24, 2.45) is 0 Å². The van der Waals surface area contributed by atoms with Gasteiger partial charge in [0.25, 0.3) is 0 Å². The number of para-hydroxylation sites is 3. The number of rotatable bonds is 7. The molecule has 13 aromatic rings. The van der Waals surface area contributed by atoms with E-state index < -0.39 is 10.0 Å². The predicted octanol–water partition coefficient (Wildman–Crippen LogP) is 20.2. The Morgan fingerprint density at radius 3 is 1.27 bits per heavy atom. The van der Waals surface area contributed by atoms with Gasteiger partial charge in [0.15, 0.2) is 5.82 Å². The van der Waals surface area contributed by atoms with Crippen LogP contribution in [0.1, 0.15) is 105 Å². The van der Waals surface area contributed by atoms with Gasteiger partial charge in [0.05, 0.1) is 22.1 Å². The highest BCUT2D eigenvalue weighted by Crippen LogP contribution is 2.74. The van der Waals surface area contributed by atoms with E-state index in [0.717, 1.165) is 65.2 Å². The minimum absolute atomic E-state index is 0.0845. The molecule has 4 heterocycles. The number of fused-ring (bicyclic) bond motifs is 9.